The van der Waals surface area contributed by atoms with Crippen LogP contribution in [0.2, 0.25) is 0 Å². The summed E-state index contributed by atoms with van der Waals surface area (Å²) in [6.07, 6.45) is 2.91. The Morgan fingerprint density at radius 2 is 1.95 bits per heavy atom. The number of aromatic nitrogens is 1. The Balaban J connectivity index is 2.33. The normalized spacial score (nSPS) is 14.1. The van der Waals surface area contributed by atoms with Gasteiger partial charge in [-0.1, -0.05) is 44.2 Å². The number of nitrogens with one attached hydrogen (secondary N) is 1. The van der Waals surface area contributed by atoms with E-state index in [4.69, 9.17) is 0 Å². The quantitative estimate of drug-likeness (QED) is 0.885. The fourth-order valence-corrected chi connectivity index (χ4v) is 2.36. The van der Waals surface area contributed by atoms with E-state index in [1.165, 1.54) is 11.8 Å². The molecule has 0 aliphatic rings. The number of halogens is 1. The third-order valence-corrected chi connectivity index (χ3v) is 3.39. The summed E-state index contributed by atoms with van der Waals surface area (Å²) in [5.41, 5.74) is 1.87. The largest absolute Gasteiger partial charge is 0.310 e. The summed E-state index contributed by atoms with van der Waals surface area (Å²) in [5, 5.41) is 3.37. The first-order valence-electron chi connectivity index (χ1n) is 6.61. The zero-order chi connectivity index (χ0) is 13.7. The molecular formula is C16H19FN2. The highest BCUT2D eigenvalue weighted by Gasteiger charge is 2.22. The van der Waals surface area contributed by atoms with E-state index < -0.39 is 0 Å². The number of nitrogens with zero attached hydrogens (tertiary/aromatic N) is 1. The number of benzene rings is 1. The van der Waals surface area contributed by atoms with Crippen LogP contribution >= 0.6 is 0 Å². The van der Waals surface area contributed by atoms with Crippen molar-refractivity contribution >= 4 is 0 Å². The number of rotatable bonds is 5. The summed E-state index contributed by atoms with van der Waals surface area (Å²) in [4.78, 5) is 3.82. The Morgan fingerprint density at radius 1 is 1.21 bits per heavy atom. The van der Waals surface area contributed by atoms with Crippen LogP contribution in [0.1, 0.15) is 36.9 Å². The molecule has 0 aliphatic heterocycles. The summed E-state index contributed by atoms with van der Waals surface area (Å²) < 4.78 is 13.9. The van der Waals surface area contributed by atoms with Crippen LogP contribution in [0, 0.1) is 5.82 Å². The predicted molar refractivity (Wildman–Crippen MR) is 75.5 cm³/mol. The standard InChI is InChI=1S/C16H19FN2/c1-3-19-16(14-9-10-18-11-15(14)17)12(2)13-7-5-4-6-8-13/h4-12,16,19H,3H2,1-2H3. The van der Waals surface area contributed by atoms with E-state index in [2.05, 4.69) is 29.4 Å². The molecule has 0 saturated heterocycles. The van der Waals surface area contributed by atoms with Gasteiger partial charge in [-0.25, -0.2) is 4.39 Å². The molecule has 2 unspecified atom stereocenters. The van der Waals surface area contributed by atoms with Crippen molar-refractivity contribution in [1.29, 1.82) is 0 Å². The minimum Gasteiger partial charge on any atom is -0.310 e. The molecule has 1 heterocycles. The van der Waals surface area contributed by atoms with Crippen molar-refractivity contribution in [3.63, 3.8) is 0 Å². The van der Waals surface area contributed by atoms with Crippen molar-refractivity contribution in [2.24, 2.45) is 0 Å². The lowest BCUT2D eigenvalue weighted by Crippen LogP contribution is -2.26. The Labute approximate surface area is 113 Å². The fraction of sp³-hybridized carbons (Fsp3) is 0.312. The van der Waals surface area contributed by atoms with Crippen LogP contribution in [0.5, 0.6) is 0 Å². The molecule has 2 nitrogen and oxygen atoms in total. The lowest BCUT2D eigenvalue weighted by atomic mass is 9.88. The summed E-state index contributed by atoms with van der Waals surface area (Å²) in [7, 11) is 0. The number of likely N-dealkylation sites (N-methyl/N-ethyl adjacent to an activating group) is 1. The van der Waals surface area contributed by atoms with Gasteiger partial charge in [0.15, 0.2) is 0 Å². The van der Waals surface area contributed by atoms with Crippen LogP contribution in [0.4, 0.5) is 4.39 Å². The summed E-state index contributed by atoms with van der Waals surface area (Å²) in [5.74, 6) is -0.0609. The molecule has 1 aromatic carbocycles. The van der Waals surface area contributed by atoms with Crippen LogP contribution in [0.25, 0.3) is 0 Å². The number of hydrogen-bond donors (Lipinski definition) is 1. The van der Waals surface area contributed by atoms with Gasteiger partial charge in [-0.15, -0.1) is 0 Å². The first-order chi connectivity index (χ1) is 9.24. The number of pyridine rings is 1. The molecule has 0 amide bonds. The Kier molecular flexibility index (Phi) is 4.63. The second kappa shape index (κ2) is 6.43. The molecule has 19 heavy (non-hydrogen) atoms. The van der Waals surface area contributed by atoms with E-state index in [-0.39, 0.29) is 17.8 Å². The molecule has 1 aromatic heterocycles. The van der Waals surface area contributed by atoms with Crippen LogP contribution < -0.4 is 5.32 Å². The first kappa shape index (κ1) is 13.7. The van der Waals surface area contributed by atoms with Crippen molar-refractivity contribution in [3.05, 3.63) is 65.7 Å². The molecule has 0 bridgehead atoms. The van der Waals surface area contributed by atoms with Crippen molar-refractivity contribution < 1.29 is 4.39 Å². The molecule has 100 valence electrons. The SMILES string of the molecule is CCNC(c1ccncc1F)C(C)c1ccccc1. The van der Waals surface area contributed by atoms with Crippen LogP contribution in [-0.2, 0) is 0 Å². The Bertz CT molecular complexity index is 513. The van der Waals surface area contributed by atoms with E-state index in [9.17, 15) is 4.39 Å². The van der Waals surface area contributed by atoms with Gasteiger partial charge in [0.05, 0.1) is 6.20 Å². The molecule has 0 radical (unpaired) electrons. The van der Waals surface area contributed by atoms with E-state index >= 15 is 0 Å². The van der Waals surface area contributed by atoms with Gasteiger partial charge >= 0.3 is 0 Å². The van der Waals surface area contributed by atoms with Gasteiger partial charge in [0.2, 0.25) is 0 Å². The lowest BCUT2D eigenvalue weighted by molar-refractivity contribution is 0.454. The van der Waals surface area contributed by atoms with Gasteiger partial charge in [-0.3, -0.25) is 4.98 Å². The molecule has 2 atom stereocenters. The average molecular weight is 258 g/mol. The van der Waals surface area contributed by atoms with Gasteiger partial charge in [0.25, 0.3) is 0 Å². The second-order valence-electron chi connectivity index (χ2n) is 4.63. The fourth-order valence-electron chi connectivity index (χ4n) is 2.36. The minimum atomic E-state index is -0.253. The molecule has 2 aromatic rings. The van der Waals surface area contributed by atoms with Gasteiger partial charge < -0.3 is 5.32 Å². The van der Waals surface area contributed by atoms with Gasteiger partial charge in [-0.05, 0) is 18.2 Å². The smallest absolute Gasteiger partial charge is 0.146 e. The summed E-state index contributed by atoms with van der Waals surface area (Å²) in [6, 6.07) is 11.9. The molecule has 0 fully saturated rings. The van der Waals surface area contributed by atoms with Crippen LogP contribution in [-0.4, -0.2) is 11.5 Å². The van der Waals surface area contributed by atoms with E-state index in [1.54, 1.807) is 12.3 Å². The van der Waals surface area contributed by atoms with Gasteiger partial charge in [0.1, 0.15) is 5.82 Å². The average Bonchev–Trinajstić information content (AvgIpc) is 2.46. The van der Waals surface area contributed by atoms with E-state index in [0.717, 1.165) is 6.54 Å². The highest BCUT2D eigenvalue weighted by Crippen LogP contribution is 2.31. The zero-order valence-corrected chi connectivity index (χ0v) is 11.3. The Hall–Kier alpha value is -1.74. The molecule has 2 rings (SSSR count). The maximum atomic E-state index is 13.9. The molecule has 3 heteroatoms. The molecule has 0 spiro atoms. The van der Waals surface area contributed by atoms with Crippen molar-refractivity contribution in [1.82, 2.24) is 10.3 Å². The second-order valence-corrected chi connectivity index (χ2v) is 4.63. The predicted octanol–water partition coefficient (Wildman–Crippen LogP) is 3.68. The maximum Gasteiger partial charge on any atom is 0.146 e. The summed E-state index contributed by atoms with van der Waals surface area (Å²) >= 11 is 0. The molecule has 0 saturated carbocycles. The molecule has 1 N–H and O–H groups in total. The van der Waals surface area contributed by atoms with Gasteiger partial charge in [-0.2, -0.15) is 0 Å². The van der Waals surface area contributed by atoms with Crippen molar-refractivity contribution in [3.8, 4) is 0 Å². The van der Waals surface area contributed by atoms with E-state index in [0.29, 0.717) is 5.56 Å². The monoisotopic (exact) mass is 258 g/mol. The zero-order valence-electron chi connectivity index (χ0n) is 11.3. The van der Waals surface area contributed by atoms with Crippen LogP contribution in [0.3, 0.4) is 0 Å². The van der Waals surface area contributed by atoms with E-state index in [1.807, 2.05) is 25.1 Å². The Morgan fingerprint density at radius 3 is 2.58 bits per heavy atom. The highest BCUT2D eigenvalue weighted by molar-refractivity contribution is 5.27. The molecule has 0 aliphatic carbocycles. The number of hydrogen-bond acceptors (Lipinski definition) is 2. The van der Waals surface area contributed by atoms with Gasteiger partial charge in [0, 0.05) is 23.7 Å². The lowest BCUT2D eigenvalue weighted by Gasteiger charge is -2.26. The maximum absolute atomic E-state index is 13.9. The third-order valence-electron chi connectivity index (χ3n) is 3.39. The van der Waals surface area contributed by atoms with Crippen LogP contribution in [0.15, 0.2) is 48.8 Å². The molecular weight excluding hydrogens is 239 g/mol. The van der Waals surface area contributed by atoms with Crippen molar-refractivity contribution in [2.75, 3.05) is 6.54 Å². The summed E-state index contributed by atoms with van der Waals surface area (Å²) in [6.45, 7) is 4.94. The van der Waals surface area contributed by atoms with Crippen molar-refractivity contribution in [2.45, 2.75) is 25.8 Å². The minimum absolute atomic E-state index is 0.0459. The highest BCUT2D eigenvalue weighted by atomic mass is 19.1. The topological polar surface area (TPSA) is 24.9 Å². The first-order valence-corrected chi connectivity index (χ1v) is 6.61. The third kappa shape index (κ3) is 3.18.